The Kier molecular flexibility index (Phi) is 6.11. The molecule has 4 heteroatoms. The van der Waals surface area contributed by atoms with Crippen molar-refractivity contribution in [3.05, 3.63) is 0 Å². The summed E-state index contributed by atoms with van der Waals surface area (Å²) in [6.07, 6.45) is 5.08. The third-order valence-corrected chi connectivity index (χ3v) is 3.45. The number of amides is 1. The fourth-order valence-corrected chi connectivity index (χ4v) is 2.25. The highest BCUT2D eigenvalue weighted by Gasteiger charge is 2.21. The van der Waals surface area contributed by atoms with Gasteiger partial charge in [-0.25, -0.2) is 4.79 Å². The fraction of sp³-hybridized carbons (Fsp3) is 0.933. The van der Waals surface area contributed by atoms with Crippen molar-refractivity contribution >= 4 is 6.09 Å². The first kappa shape index (κ1) is 16.3. The van der Waals surface area contributed by atoms with Gasteiger partial charge in [0, 0.05) is 18.6 Å². The van der Waals surface area contributed by atoms with Crippen molar-refractivity contribution < 1.29 is 9.53 Å². The highest BCUT2D eigenvalue weighted by Crippen LogP contribution is 2.30. The lowest BCUT2D eigenvalue weighted by atomic mass is 9.81. The number of carbonyl (C=O) groups excluding carboxylic acids is 1. The summed E-state index contributed by atoms with van der Waals surface area (Å²) < 4.78 is 5.23. The van der Waals surface area contributed by atoms with Crippen LogP contribution in [0.2, 0.25) is 0 Å². The molecular formula is C15H30N2O2. The number of hydrogen-bond acceptors (Lipinski definition) is 3. The molecule has 0 aromatic rings. The standard InChI is InChI=1S/C15H30N2O2/c1-11(9-13-7-6-8-13)16-10-12(2)17-14(18)19-15(3,4)5/h11-13,16H,6-10H2,1-5H3,(H,17,18). The molecule has 0 spiro atoms. The van der Waals surface area contributed by atoms with Gasteiger partial charge >= 0.3 is 6.09 Å². The van der Waals surface area contributed by atoms with Crippen LogP contribution in [0.5, 0.6) is 0 Å². The lowest BCUT2D eigenvalue weighted by Crippen LogP contribution is -2.44. The van der Waals surface area contributed by atoms with E-state index in [2.05, 4.69) is 17.6 Å². The van der Waals surface area contributed by atoms with E-state index in [9.17, 15) is 4.79 Å². The first-order valence-corrected chi connectivity index (χ1v) is 7.49. The molecule has 1 amide bonds. The summed E-state index contributed by atoms with van der Waals surface area (Å²) in [6, 6.07) is 0.604. The van der Waals surface area contributed by atoms with Crippen molar-refractivity contribution in [2.45, 2.75) is 78.0 Å². The van der Waals surface area contributed by atoms with E-state index in [0.717, 1.165) is 12.5 Å². The van der Waals surface area contributed by atoms with Crippen LogP contribution in [0.4, 0.5) is 4.79 Å². The molecule has 0 saturated heterocycles. The zero-order valence-corrected chi connectivity index (χ0v) is 13.1. The van der Waals surface area contributed by atoms with Crippen molar-refractivity contribution in [1.82, 2.24) is 10.6 Å². The summed E-state index contributed by atoms with van der Waals surface area (Å²) in [5.41, 5.74) is -0.436. The highest BCUT2D eigenvalue weighted by molar-refractivity contribution is 5.68. The van der Waals surface area contributed by atoms with Crippen LogP contribution in [0.25, 0.3) is 0 Å². The second-order valence-electron chi connectivity index (χ2n) is 6.89. The second-order valence-corrected chi connectivity index (χ2v) is 6.89. The maximum Gasteiger partial charge on any atom is 0.407 e. The van der Waals surface area contributed by atoms with E-state index in [0.29, 0.717) is 6.04 Å². The van der Waals surface area contributed by atoms with E-state index in [1.54, 1.807) is 0 Å². The lowest BCUT2D eigenvalue weighted by Gasteiger charge is -2.29. The van der Waals surface area contributed by atoms with Gasteiger partial charge in [0.15, 0.2) is 0 Å². The molecule has 0 heterocycles. The monoisotopic (exact) mass is 270 g/mol. The van der Waals surface area contributed by atoms with E-state index in [1.165, 1.54) is 25.7 Å². The second kappa shape index (κ2) is 7.13. The van der Waals surface area contributed by atoms with Crippen molar-refractivity contribution in [3.63, 3.8) is 0 Å². The summed E-state index contributed by atoms with van der Waals surface area (Å²) in [5.74, 6) is 0.914. The molecule has 1 rings (SSSR count). The Morgan fingerprint density at radius 2 is 1.89 bits per heavy atom. The Morgan fingerprint density at radius 3 is 2.37 bits per heavy atom. The molecule has 1 aliphatic carbocycles. The van der Waals surface area contributed by atoms with Gasteiger partial charge in [0.1, 0.15) is 5.60 Å². The van der Waals surface area contributed by atoms with Crippen LogP contribution in [0, 0.1) is 5.92 Å². The van der Waals surface area contributed by atoms with Gasteiger partial charge in [-0.2, -0.15) is 0 Å². The number of rotatable bonds is 6. The number of ether oxygens (including phenoxy) is 1. The van der Waals surface area contributed by atoms with Gasteiger partial charge in [0.05, 0.1) is 0 Å². The zero-order valence-electron chi connectivity index (χ0n) is 13.1. The molecule has 0 bridgehead atoms. The zero-order chi connectivity index (χ0) is 14.5. The molecule has 0 aliphatic heterocycles. The van der Waals surface area contributed by atoms with Crippen molar-refractivity contribution in [3.8, 4) is 0 Å². The largest absolute Gasteiger partial charge is 0.444 e. The molecule has 1 saturated carbocycles. The van der Waals surface area contributed by atoms with E-state index < -0.39 is 5.60 Å². The molecule has 1 fully saturated rings. The maximum atomic E-state index is 11.6. The minimum Gasteiger partial charge on any atom is -0.444 e. The van der Waals surface area contributed by atoms with Crippen molar-refractivity contribution in [1.29, 1.82) is 0 Å². The van der Waals surface area contributed by atoms with Gasteiger partial charge in [-0.15, -0.1) is 0 Å². The van der Waals surface area contributed by atoms with Crippen LogP contribution in [0.3, 0.4) is 0 Å². The first-order valence-electron chi connectivity index (χ1n) is 7.49. The van der Waals surface area contributed by atoms with Crippen LogP contribution in [-0.4, -0.2) is 30.3 Å². The SMILES string of the molecule is CC(CC1CCC1)NCC(C)NC(=O)OC(C)(C)C. The predicted octanol–water partition coefficient (Wildman–Crippen LogP) is 3.07. The van der Waals surface area contributed by atoms with Crippen LogP contribution >= 0.6 is 0 Å². The average molecular weight is 270 g/mol. The molecule has 2 unspecified atom stereocenters. The van der Waals surface area contributed by atoms with Crippen LogP contribution < -0.4 is 10.6 Å². The van der Waals surface area contributed by atoms with E-state index >= 15 is 0 Å². The van der Waals surface area contributed by atoms with Gasteiger partial charge in [-0.1, -0.05) is 19.3 Å². The Bertz CT molecular complexity index is 282. The highest BCUT2D eigenvalue weighted by atomic mass is 16.6. The molecule has 112 valence electrons. The number of alkyl carbamates (subject to hydrolysis) is 1. The third kappa shape index (κ3) is 7.41. The minimum atomic E-state index is -0.436. The lowest BCUT2D eigenvalue weighted by molar-refractivity contribution is 0.0507. The molecule has 0 aromatic carbocycles. The molecule has 0 aromatic heterocycles. The van der Waals surface area contributed by atoms with Crippen LogP contribution in [0.1, 0.15) is 60.3 Å². The fourth-order valence-electron chi connectivity index (χ4n) is 2.25. The van der Waals surface area contributed by atoms with Crippen molar-refractivity contribution in [2.24, 2.45) is 5.92 Å². The quantitative estimate of drug-likeness (QED) is 0.780. The number of nitrogens with one attached hydrogen (secondary N) is 2. The summed E-state index contributed by atoms with van der Waals surface area (Å²) >= 11 is 0. The molecule has 4 nitrogen and oxygen atoms in total. The smallest absolute Gasteiger partial charge is 0.407 e. The van der Waals surface area contributed by atoms with Gasteiger partial charge in [0.2, 0.25) is 0 Å². The van der Waals surface area contributed by atoms with E-state index in [1.807, 2.05) is 27.7 Å². The van der Waals surface area contributed by atoms with Crippen LogP contribution in [0.15, 0.2) is 0 Å². The minimum absolute atomic E-state index is 0.0821. The van der Waals surface area contributed by atoms with E-state index in [-0.39, 0.29) is 12.1 Å². The first-order chi connectivity index (χ1) is 8.76. The molecule has 1 aliphatic rings. The summed E-state index contributed by atoms with van der Waals surface area (Å²) in [6.45, 7) is 10.6. The Labute approximate surface area is 117 Å². The maximum absolute atomic E-state index is 11.6. The summed E-state index contributed by atoms with van der Waals surface area (Å²) in [4.78, 5) is 11.6. The Morgan fingerprint density at radius 1 is 1.26 bits per heavy atom. The van der Waals surface area contributed by atoms with Gasteiger partial charge in [-0.05, 0) is 47.0 Å². The molecule has 0 radical (unpaired) electrons. The number of carbonyl (C=O) groups is 1. The molecule has 2 atom stereocenters. The van der Waals surface area contributed by atoms with Crippen LogP contribution in [-0.2, 0) is 4.74 Å². The Balaban J connectivity index is 2.12. The average Bonchev–Trinajstić information content (AvgIpc) is 2.17. The Hall–Kier alpha value is -0.770. The van der Waals surface area contributed by atoms with Gasteiger partial charge in [-0.3, -0.25) is 0 Å². The normalized spacial score (nSPS) is 19.4. The molecule has 2 N–H and O–H groups in total. The van der Waals surface area contributed by atoms with Gasteiger partial charge in [0.25, 0.3) is 0 Å². The van der Waals surface area contributed by atoms with Crippen molar-refractivity contribution in [2.75, 3.05) is 6.54 Å². The summed E-state index contributed by atoms with van der Waals surface area (Å²) in [5, 5.41) is 6.33. The molecule has 19 heavy (non-hydrogen) atoms. The van der Waals surface area contributed by atoms with E-state index in [4.69, 9.17) is 4.74 Å². The third-order valence-electron chi connectivity index (χ3n) is 3.45. The molecular weight excluding hydrogens is 240 g/mol. The summed E-state index contributed by atoms with van der Waals surface area (Å²) in [7, 11) is 0. The predicted molar refractivity (Wildman–Crippen MR) is 78.3 cm³/mol. The van der Waals surface area contributed by atoms with Gasteiger partial charge < -0.3 is 15.4 Å². The topological polar surface area (TPSA) is 50.4 Å². The number of hydrogen-bond donors (Lipinski definition) is 2.